The molecule has 3 aromatic rings. The highest BCUT2D eigenvalue weighted by Gasteiger charge is 2.27. The Kier molecular flexibility index (Phi) is 6.88. The maximum atomic E-state index is 13.4. The lowest BCUT2D eigenvalue weighted by Crippen LogP contribution is -2.37. The molecule has 0 fully saturated rings. The van der Waals surface area contributed by atoms with Crippen LogP contribution in [0.3, 0.4) is 0 Å². The third-order valence-corrected chi connectivity index (χ3v) is 5.47. The molecule has 170 valence electrons. The van der Waals surface area contributed by atoms with Crippen LogP contribution in [0.15, 0.2) is 78.0 Å². The van der Waals surface area contributed by atoms with Gasteiger partial charge in [0.15, 0.2) is 6.10 Å². The van der Waals surface area contributed by atoms with E-state index < -0.39 is 0 Å². The van der Waals surface area contributed by atoms with Crippen LogP contribution >= 0.6 is 0 Å². The molecule has 0 spiro atoms. The molecule has 6 nitrogen and oxygen atoms in total. The molecule has 1 heterocycles. The fraction of sp³-hybridized carbons (Fsp3) is 0.231. The van der Waals surface area contributed by atoms with E-state index in [1.165, 1.54) is 24.3 Å². The van der Waals surface area contributed by atoms with Gasteiger partial charge in [-0.25, -0.2) is 4.39 Å². The van der Waals surface area contributed by atoms with E-state index in [1.54, 1.807) is 19.1 Å². The number of hydrogen-bond donors (Lipinski definition) is 0. The largest absolute Gasteiger partial charge is 0.497 e. The molecule has 3 aromatic carbocycles. The van der Waals surface area contributed by atoms with E-state index in [-0.39, 0.29) is 17.8 Å². The Bertz CT molecular complexity index is 1130. The van der Waals surface area contributed by atoms with Crippen LogP contribution in [0, 0.1) is 5.82 Å². The van der Waals surface area contributed by atoms with E-state index in [1.807, 2.05) is 48.5 Å². The van der Waals surface area contributed by atoms with Crippen molar-refractivity contribution < 1.29 is 23.5 Å². The molecule has 0 N–H and O–H groups in total. The second-order valence-corrected chi connectivity index (χ2v) is 7.74. The van der Waals surface area contributed by atoms with Gasteiger partial charge in [-0.05, 0) is 71.8 Å². The second-order valence-electron chi connectivity index (χ2n) is 7.74. The topological polar surface area (TPSA) is 60.4 Å². The van der Waals surface area contributed by atoms with Crippen LogP contribution in [0.2, 0.25) is 0 Å². The van der Waals surface area contributed by atoms with Crippen LogP contribution in [0.1, 0.15) is 27.9 Å². The van der Waals surface area contributed by atoms with E-state index >= 15 is 0 Å². The fourth-order valence-electron chi connectivity index (χ4n) is 3.71. The highest BCUT2D eigenvalue weighted by Crippen LogP contribution is 2.22. The van der Waals surface area contributed by atoms with Crippen molar-refractivity contribution in [2.24, 2.45) is 5.16 Å². The van der Waals surface area contributed by atoms with Crippen LogP contribution in [0.25, 0.3) is 0 Å². The number of nitrogens with zero attached hydrogens (tertiary/aromatic N) is 2. The molecule has 0 aromatic heterocycles. The lowest BCUT2D eigenvalue weighted by atomic mass is 10.0. The summed E-state index contributed by atoms with van der Waals surface area (Å²) in [4.78, 5) is 20.7. The van der Waals surface area contributed by atoms with Crippen molar-refractivity contribution in [2.75, 3.05) is 20.8 Å². The number of amides is 1. The van der Waals surface area contributed by atoms with E-state index in [4.69, 9.17) is 14.3 Å². The van der Waals surface area contributed by atoms with E-state index in [2.05, 4.69) is 5.16 Å². The van der Waals surface area contributed by atoms with Gasteiger partial charge < -0.3 is 19.2 Å². The smallest absolute Gasteiger partial charge is 0.254 e. The predicted molar refractivity (Wildman–Crippen MR) is 123 cm³/mol. The first-order valence-corrected chi connectivity index (χ1v) is 10.6. The quantitative estimate of drug-likeness (QED) is 0.502. The van der Waals surface area contributed by atoms with Crippen molar-refractivity contribution in [3.05, 3.63) is 95.3 Å². The van der Waals surface area contributed by atoms with E-state index in [9.17, 15) is 9.18 Å². The Morgan fingerprint density at radius 3 is 2.45 bits per heavy atom. The average Bonchev–Trinajstić information content (AvgIpc) is 3.32. The fourth-order valence-corrected chi connectivity index (χ4v) is 3.71. The van der Waals surface area contributed by atoms with Crippen molar-refractivity contribution in [3.63, 3.8) is 0 Å². The zero-order chi connectivity index (χ0) is 23.2. The maximum absolute atomic E-state index is 13.4. The van der Waals surface area contributed by atoms with Gasteiger partial charge in [0.25, 0.3) is 5.91 Å². The molecular formula is C26H25FN2O4. The summed E-state index contributed by atoms with van der Waals surface area (Å²) in [5, 5.41) is 4.24. The zero-order valence-electron chi connectivity index (χ0n) is 18.5. The number of oxime groups is 1. The molecular weight excluding hydrogens is 423 g/mol. The monoisotopic (exact) mass is 448 g/mol. The minimum Gasteiger partial charge on any atom is -0.497 e. The highest BCUT2D eigenvalue weighted by atomic mass is 19.1. The summed E-state index contributed by atoms with van der Waals surface area (Å²) in [5.41, 5.74) is 3.09. The number of hydrogen-bond acceptors (Lipinski definition) is 5. The first kappa shape index (κ1) is 22.3. The lowest BCUT2D eigenvalue weighted by molar-refractivity contribution is 0.0405. The molecule has 7 heteroatoms. The molecule has 1 unspecified atom stereocenters. The van der Waals surface area contributed by atoms with Crippen molar-refractivity contribution in [1.82, 2.24) is 4.90 Å². The number of carbonyl (C=O) groups is 1. The maximum Gasteiger partial charge on any atom is 0.254 e. The van der Waals surface area contributed by atoms with Gasteiger partial charge >= 0.3 is 0 Å². The third-order valence-electron chi connectivity index (χ3n) is 5.47. The first-order valence-electron chi connectivity index (χ1n) is 10.6. The van der Waals surface area contributed by atoms with Crippen LogP contribution < -0.4 is 9.47 Å². The number of halogens is 1. The summed E-state index contributed by atoms with van der Waals surface area (Å²) >= 11 is 0. The molecule has 1 atom stereocenters. The third kappa shape index (κ3) is 5.49. The van der Waals surface area contributed by atoms with Crippen LogP contribution in [-0.4, -0.2) is 43.4 Å². The Morgan fingerprint density at radius 2 is 1.76 bits per heavy atom. The molecule has 0 radical (unpaired) electrons. The van der Waals surface area contributed by atoms with Gasteiger partial charge in [0, 0.05) is 18.5 Å². The lowest BCUT2D eigenvalue weighted by Gasteiger charge is -2.25. The molecule has 4 rings (SSSR count). The highest BCUT2D eigenvalue weighted by molar-refractivity contribution is 6.01. The summed E-state index contributed by atoms with van der Waals surface area (Å²) in [5.74, 6) is 0.884. The molecule has 1 aliphatic heterocycles. The van der Waals surface area contributed by atoms with Crippen LogP contribution in [0.4, 0.5) is 4.39 Å². The Labute approximate surface area is 192 Å². The first-order chi connectivity index (χ1) is 16.1. The van der Waals surface area contributed by atoms with Crippen molar-refractivity contribution in [3.8, 4) is 11.5 Å². The minimum absolute atomic E-state index is 0.209. The summed E-state index contributed by atoms with van der Waals surface area (Å²) < 4.78 is 23.9. The summed E-state index contributed by atoms with van der Waals surface area (Å²) in [6.07, 6.45) is 0.273. The number of rotatable bonds is 8. The van der Waals surface area contributed by atoms with Gasteiger partial charge in [0.2, 0.25) is 0 Å². The second kappa shape index (κ2) is 10.2. The molecule has 33 heavy (non-hydrogen) atoms. The molecule has 0 bridgehead atoms. The van der Waals surface area contributed by atoms with Gasteiger partial charge in [-0.3, -0.25) is 4.79 Å². The summed E-state index contributed by atoms with van der Waals surface area (Å²) in [6.45, 7) is 0.682. The van der Waals surface area contributed by atoms with E-state index in [0.717, 1.165) is 22.6 Å². The van der Waals surface area contributed by atoms with Crippen molar-refractivity contribution in [2.45, 2.75) is 19.1 Å². The number of ether oxygens (including phenoxy) is 2. The molecule has 0 saturated heterocycles. The Hall–Kier alpha value is -3.87. The number of methoxy groups -OCH3 is 2. The standard InChI is InChI=1S/C26H25FN2O4/c1-31-22-12-8-19(9-13-22)25-15-24(33-28-25)17-29(16-18-4-3-5-23(14-18)32-2)26(30)20-6-10-21(27)11-7-20/h3-14,24H,15-17H2,1-2H3. The Balaban J connectivity index is 1.50. The Morgan fingerprint density at radius 1 is 1.03 bits per heavy atom. The summed E-state index contributed by atoms with van der Waals surface area (Å²) in [6, 6.07) is 20.7. The normalized spacial score (nSPS) is 14.9. The van der Waals surface area contributed by atoms with Crippen LogP contribution in [-0.2, 0) is 11.4 Å². The van der Waals surface area contributed by atoms with Crippen molar-refractivity contribution in [1.29, 1.82) is 0 Å². The van der Waals surface area contributed by atoms with Gasteiger partial charge in [-0.1, -0.05) is 17.3 Å². The average molecular weight is 448 g/mol. The number of carbonyl (C=O) groups excluding carboxylic acids is 1. The van der Waals surface area contributed by atoms with Crippen molar-refractivity contribution >= 4 is 11.6 Å². The molecule has 0 saturated carbocycles. The molecule has 1 amide bonds. The van der Waals surface area contributed by atoms with Gasteiger partial charge in [-0.2, -0.15) is 0 Å². The minimum atomic E-state index is -0.387. The van der Waals surface area contributed by atoms with Crippen LogP contribution in [0.5, 0.6) is 11.5 Å². The SMILES string of the molecule is COc1ccc(C2=NOC(CN(Cc3cccc(OC)c3)C(=O)c3ccc(F)cc3)C2)cc1. The van der Waals surface area contributed by atoms with Gasteiger partial charge in [0.05, 0.1) is 26.5 Å². The van der Waals surface area contributed by atoms with Gasteiger partial charge in [-0.15, -0.1) is 0 Å². The molecule has 0 aliphatic carbocycles. The number of benzene rings is 3. The molecule has 1 aliphatic rings. The zero-order valence-corrected chi connectivity index (χ0v) is 18.5. The predicted octanol–water partition coefficient (Wildman–Crippen LogP) is 4.68. The summed E-state index contributed by atoms with van der Waals surface area (Å²) in [7, 11) is 3.22. The van der Waals surface area contributed by atoms with E-state index in [0.29, 0.717) is 30.8 Å². The van der Waals surface area contributed by atoms with Gasteiger partial charge in [0.1, 0.15) is 17.3 Å².